The number of hydrogen-bond donors (Lipinski definition) is 1. The predicted molar refractivity (Wildman–Crippen MR) is 75.2 cm³/mol. The molecule has 2 N–H and O–H groups in total. The van der Waals surface area contributed by atoms with Gasteiger partial charge in [-0.1, -0.05) is 30.3 Å². The van der Waals surface area contributed by atoms with E-state index in [1.165, 1.54) is 6.26 Å². The van der Waals surface area contributed by atoms with Crippen LogP contribution in [0.5, 0.6) is 0 Å². The molecule has 0 heterocycles. The van der Waals surface area contributed by atoms with Gasteiger partial charge in [-0.3, -0.25) is 0 Å². The van der Waals surface area contributed by atoms with Crippen molar-refractivity contribution < 1.29 is 8.42 Å². The zero-order valence-electron chi connectivity index (χ0n) is 11.0. The molecule has 102 valence electrons. The highest BCUT2D eigenvalue weighted by Crippen LogP contribution is 2.13. The highest BCUT2D eigenvalue weighted by atomic mass is 32.2. The van der Waals surface area contributed by atoms with Gasteiger partial charge in [-0.15, -0.1) is 0 Å². The van der Waals surface area contributed by atoms with Crippen LogP contribution in [0.4, 0.5) is 0 Å². The van der Waals surface area contributed by atoms with Crippen LogP contribution >= 0.6 is 0 Å². The molecule has 0 amide bonds. The second kappa shape index (κ2) is 6.87. The molecule has 1 atom stereocenters. The fraction of sp³-hybridized carbons (Fsp3) is 0.538. The Hall–Kier alpha value is -0.910. The molecule has 0 aromatic heterocycles. The fourth-order valence-electron chi connectivity index (χ4n) is 1.66. The first kappa shape index (κ1) is 15.1. The first-order chi connectivity index (χ1) is 8.38. The average molecular weight is 270 g/mol. The van der Waals surface area contributed by atoms with Crippen molar-refractivity contribution in [2.75, 3.05) is 32.1 Å². The highest BCUT2D eigenvalue weighted by Gasteiger charge is 2.09. The summed E-state index contributed by atoms with van der Waals surface area (Å²) in [6.07, 6.45) is 2.08. The van der Waals surface area contributed by atoms with Crippen LogP contribution in [0.1, 0.15) is 18.0 Å². The molecular formula is C13H22N2O2S. The second-order valence-electron chi connectivity index (χ2n) is 4.74. The molecule has 0 saturated carbocycles. The van der Waals surface area contributed by atoms with Crippen LogP contribution in [-0.2, 0) is 9.84 Å². The maximum absolute atomic E-state index is 11.0. The van der Waals surface area contributed by atoms with Gasteiger partial charge in [0.05, 0.1) is 5.75 Å². The number of rotatable bonds is 7. The number of sulfone groups is 1. The number of benzene rings is 1. The summed E-state index contributed by atoms with van der Waals surface area (Å²) in [5, 5.41) is 0. The van der Waals surface area contributed by atoms with Gasteiger partial charge in [0, 0.05) is 18.8 Å². The van der Waals surface area contributed by atoms with Crippen LogP contribution in [0.15, 0.2) is 30.3 Å². The Bertz CT molecular complexity index is 445. The van der Waals surface area contributed by atoms with E-state index in [4.69, 9.17) is 5.73 Å². The van der Waals surface area contributed by atoms with E-state index in [9.17, 15) is 8.42 Å². The average Bonchev–Trinajstić information content (AvgIpc) is 2.33. The third-order valence-corrected chi connectivity index (χ3v) is 3.82. The van der Waals surface area contributed by atoms with E-state index in [1.807, 2.05) is 42.3 Å². The normalized spacial score (nSPS) is 13.8. The van der Waals surface area contributed by atoms with E-state index in [2.05, 4.69) is 0 Å². The summed E-state index contributed by atoms with van der Waals surface area (Å²) < 4.78 is 22.1. The summed E-state index contributed by atoms with van der Waals surface area (Å²) in [4.78, 5) is 2.00. The molecule has 1 rings (SSSR count). The number of hydrogen-bond acceptors (Lipinski definition) is 4. The smallest absolute Gasteiger partial charge is 0.148 e. The molecule has 5 heteroatoms. The third-order valence-electron chi connectivity index (χ3n) is 2.89. The molecule has 0 radical (unpaired) electrons. The molecule has 0 aliphatic heterocycles. The van der Waals surface area contributed by atoms with Crippen molar-refractivity contribution in [1.82, 2.24) is 4.90 Å². The van der Waals surface area contributed by atoms with Crippen molar-refractivity contribution in [3.63, 3.8) is 0 Å². The Kier molecular flexibility index (Phi) is 5.78. The van der Waals surface area contributed by atoms with Gasteiger partial charge in [-0.2, -0.15) is 0 Å². The van der Waals surface area contributed by atoms with Gasteiger partial charge in [0.1, 0.15) is 9.84 Å². The van der Waals surface area contributed by atoms with Gasteiger partial charge < -0.3 is 10.6 Å². The number of nitrogens with two attached hydrogens (primary N) is 1. The van der Waals surface area contributed by atoms with Crippen molar-refractivity contribution >= 4 is 9.84 Å². The standard InChI is InChI=1S/C13H22N2O2S/c1-15(10-11-18(2,16)17)9-8-13(14)12-6-4-3-5-7-12/h3-7,13H,8-11,14H2,1-2H3. The molecule has 1 unspecified atom stereocenters. The zero-order chi connectivity index (χ0) is 13.6. The molecule has 18 heavy (non-hydrogen) atoms. The molecule has 0 aliphatic rings. The Morgan fingerprint density at radius 2 is 1.83 bits per heavy atom. The monoisotopic (exact) mass is 270 g/mol. The Morgan fingerprint density at radius 1 is 1.22 bits per heavy atom. The van der Waals surface area contributed by atoms with Crippen LogP contribution < -0.4 is 5.73 Å². The molecule has 0 aliphatic carbocycles. The summed E-state index contributed by atoms with van der Waals surface area (Å²) in [6.45, 7) is 1.35. The molecule has 1 aromatic carbocycles. The van der Waals surface area contributed by atoms with E-state index in [0.29, 0.717) is 6.54 Å². The van der Waals surface area contributed by atoms with E-state index in [-0.39, 0.29) is 11.8 Å². The summed E-state index contributed by atoms with van der Waals surface area (Å²) in [6, 6.07) is 9.95. The summed E-state index contributed by atoms with van der Waals surface area (Å²) in [5.41, 5.74) is 7.20. The largest absolute Gasteiger partial charge is 0.324 e. The molecule has 0 fully saturated rings. The molecular weight excluding hydrogens is 248 g/mol. The van der Waals surface area contributed by atoms with Gasteiger partial charge in [0.2, 0.25) is 0 Å². The van der Waals surface area contributed by atoms with Crippen LogP contribution in [0.2, 0.25) is 0 Å². The zero-order valence-corrected chi connectivity index (χ0v) is 11.9. The lowest BCUT2D eigenvalue weighted by Gasteiger charge is -2.19. The Balaban J connectivity index is 2.32. The van der Waals surface area contributed by atoms with E-state index in [1.54, 1.807) is 0 Å². The lowest BCUT2D eigenvalue weighted by atomic mass is 10.0. The third kappa shape index (κ3) is 6.14. The van der Waals surface area contributed by atoms with Crippen LogP contribution in [0.3, 0.4) is 0 Å². The predicted octanol–water partition coefficient (Wildman–Crippen LogP) is 1.05. The van der Waals surface area contributed by atoms with E-state index in [0.717, 1.165) is 18.5 Å². The quantitative estimate of drug-likeness (QED) is 0.804. The highest BCUT2D eigenvalue weighted by molar-refractivity contribution is 7.90. The molecule has 0 bridgehead atoms. The van der Waals surface area contributed by atoms with Gasteiger partial charge in [0.15, 0.2) is 0 Å². The first-order valence-corrected chi connectivity index (χ1v) is 8.11. The minimum absolute atomic E-state index is 0.00637. The van der Waals surface area contributed by atoms with E-state index >= 15 is 0 Å². The van der Waals surface area contributed by atoms with Crippen molar-refractivity contribution in [1.29, 1.82) is 0 Å². The fourth-order valence-corrected chi connectivity index (χ4v) is 2.30. The molecule has 0 spiro atoms. The van der Waals surface area contributed by atoms with Crippen molar-refractivity contribution in [3.8, 4) is 0 Å². The van der Waals surface area contributed by atoms with Crippen LogP contribution in [-0.4, -0.2) is 45.5 Å². The first-order valence-electron chi connectivity index (χ1n) is 6.05. The SMILES string of the molecule is CN(CCC(N)c1ccccc1)CCS(C)(=O)=O. The molecule has 0 saturated heterocycles. The lowest BCUT2D eigenvalue weighted by Crippen LogP contribution is -2.28. The van der Waals surface area contributed by atoms with Gasteiger partial charge in [-0.25, -0.2) is 8.42 Å². The maximum atomic E-state index is 11.0. The second-order valence-corrected chi connectivity index (χ2v) is 7.00. The van der Waals surface area contributed by atoms with Crippen LogP contribution in [0.25, 0.3) is 0 Å². The summed E-state index contributed by atoms with van der Waals surface area (Å²) in [5.74, 6) is 0.198. The van der Waals surface area contributed by atoms with Crippen LogP contribution in [0, 0.1) is 0 Å². The molecule has 4 nitrogen and oxygen atoms in total. The van der Waals surface area contributed by atoms with Gasteiger partial charge in [0.25, 0.3) is 0 Å². The number of nitrogens with zero attached hydrogens (tertiary/aromatic N) is 1. The topological polar surface area (TPSA) is 63.4 Å². The van der Waals surface area contributed by atoms with Crippen molar-refractivity contribution in [3.05, 3.63) is 35.9 Å². The van der Waals surface area contributed by atoms with Gasteiger partial charge in [-0.05, 0) is 25.6 Å². The Labute approximate surface area is 110 Å². The maximum Gasteiger partial charge on any atom is 0.148 e. The minimum atomic E-state index is -2.88. The van der Waals surface area contributed by atoms with Crippen molar-refractivity contribution in [2.45, 2.75) is 12.5 Å². The minimum Gasteiger partial charge on any atom is -0.324 e. The van der Waals surface area contributed by atoms with Crippen molar-refractivity contribution in [2.24, 2.45) is 5.73 Å². The summed E-state index contributed by atoms with van der Waals surface area (Å²) in [7, 11) is -0.963. The summed E-state index contributed by atoms with van der Waals surface area (Å²) >= 11 is 0. The van der Waals surface area contributed by atoms with Gasteiger partial charge >= 0.3 is 0 Å². The Morgan fingerprint density at radius 3 is 2.39 bits per heavy atom. The lowest BCUT2D eigenvalue weighted by molar-refractivity contribution is 0.335. The van der Waals surface area contributed by atoms with E-state index < -0.39 is 9.84 Å². The molecule has 1 aromatic rings.